The van der Waals surface area contributed by atoms with Crippen LogP contribution in [-0.2, 0) is 9.59 Å². The van der Waals surface area contributed by atoms with Crippen LogP contribution in [0, 0.1) is 0 Å². The average Bonchev–Trinajstić information content (AvgIpc) is 2.30. The second-order valence-electron chi connectivity index (χ2n) is 3.97. The zero-order valence-electron chi connectivity index (χ0n) is 10.2. The Labute approximate surface area is 106 Å². The van der Waals surface area contributed by atoms with Crippen molar-refractivity contribution in [1.29, 1.82) is 0 Å². The van der Waals surface area contributed by atoms with Crippen LogP contribution in [0.25, 0.3) is 0 Å². The molecule has 94 valence electrons. The number of likely N-dealkylation sites (N-methyl/N-ethyl adjacent to an activating group) is 1. The molecule has 1 rings (SSSR count). The summed E-state index contributed by atoms with van der Waals surface area (Å²) in [5.74, 6) is -0.757. The van der Waals surface area contributed by atoms with Crippen LogP contribution in [0.4, 0.5) is 0 Å². The van der Waals surface area contributed by atoms with Crippen LogP contribution in [0.15, 0.2) is 22.6 Å². The number of nitrogens with two attached hydrogens (primary N) is 1. The van der Waals surface area contributed by atoms with Crippen LogP contribution in [0.1, 0.15) is 19.8 Å². The molecule has 1 aliphatic carbocycles. The number of hydrogen-bond acceptors (Lipinski definition) is 3. The molecule has 0 fully saturated rings. The molecule has 0 radical (unpaired) electrons. The molecular formula is C12H18N2O2S. The van der Waals surface area contributed by atoms with Gasteiger partial charge in [0.2, 0.25) is 0 Å². The van der Waals surface area contributed by atoms with Crippen LogP contribution in [0.2, 0.25) is 0 Å². The van der Waals surface area contributed by atoms with E-state index in [0.29, 0.717) is 6.54 Å². The van der Waals surface area contributed by atoms with E-state index in [1.54, 1.807) is 18.8 Å². The molecule has 0 aromatic heterocycles. The summed E-state index contributed by atoms with van der Waals surface area (Å²) >= 11 is 1.71. The molecule has 5 heteroatoms. The van der Waals surface area contributed by atoms with Gasteiger partial charge in [-0.25, -0.2) is 0 Å². The van der Waals surface area contributed by atoms with Gasteiger partial charge >= 0.3 is 11.8 Å². The Morgan fingerprint density at radius 2 is 2.06 bits per heavy atom. The molecule has 17 heavy (non-hydrogen) atoms. The fraction of sp³-hybridized carbons (Fsp3) is 0.500. The number of primary amides is 1. The van der Waals surface area contributed by atoms with E-state index < -0.39 is 11.8 Å². The van der Waals surface area contributed by atoms with Crippen molar-refractivity contribution in [2.24, 2.45) is 5.73 Å². The fourth-order valence-corrected chi connectivity index (χ4v) is 2.66. The first-order chi connectivity index (χ1) is 8.02. The van der Waals surface area contributed by atoms with Crippen LogP contribution < -0.4 is 5.73 Å². The number of amides is 2. The minimum atomic E-state index is -0.898. The van der Waals surface area contributed by atoms with Gasteiger partial charge in [-0.1, -0.05) is 12.2 Å². The first-order valence-electron chi connectivity index (χ1n) is 5.57. The van der Waals surface area contributed by atoms with Gasteiger partial charge in [-0.05, 0) is 25.3 Å². The normalized spacial score (nSPS) is 14.9. The summed E-state index contributed by atoms with van der Waals surface area (Å²) in [4.78, 5) is 24.5. The number of hydrogen-bond donors (Lipinski definition) is 1. The summed E-state index contributed by atoms with van der Waals surface area (Å²) in [5.41, 5.74) is 6.21. The van der Waals surface area contributed by atoms with Crippen molar-refractivity contribution in [3.05, 3.63) is 22.6 Å². The fourth-order valence-electron chi connectivity index (χ4n) is 1.53. The molecule has 2 amide bonds. The van der Waals surface area contributed by atoms with Gasteiger partial charge in [-0.2, -0.15) is 0 Å². The smallest absolute Gasteiger partial charge is 0.311 e. The highest BCUT2D eigenvalue weighted by molar-refractivity contribution is 8.03. The van der Waals surface area contributed by atoms with Gasteiger partial charge in [0.05, 0.1) is 0 Å². The standard InChI is InChI=1S/C12H18N2O2S/c1-9-5-3-4-6-10(9)17-8-7-14(2)12(16)11(13)15/h5-6H,3-4,7-8H2,1-2H3,(H2,13,15). The molecule has 0 saturated carbocycles. The quantitative estimate of drug-likeness (QED) is 0.769. The zero-order valence-corrected chi connectivity index (χ0v) is 11.0. The Hall–Kier alpha value is -1.23. The summed E-state index contributed by atoms with van der Waals surface area (Å²) in [6.45, 7) is 2.62. The van der Waals surface area contributed by atoms with E-state index in [2.05, 4.69) is 19.1 Å². The second-order valence-corrected chi connectivity index (χ2v) is 5.11. The molecule has 0 unspecified atom stereocenters. The summed E-state index contributed by atoms with van der Waals surface area (Å²) in [6, 6.07) is 0. The average molecular weight is 254 g/mol. The van der Waals surface area contributed by atoms with E-state index in [9.17, 15) is 9.59 Å². The summed E-state index contributed by atoms with van der Waals surface area (Å²) in [6.07, 6.45) is 6.63. The Kier molecular flexibility index (Phi) is 5.28. The van der Waals surface area contributed by atoms with Gasteiger partial charge in [0.1, 0.15) is 0 Å². The lowest BCUT2D eigenvalue weighted by Gasteiger charge is -2.16. The Morgan fingerprint density at radius 1 is 1.41 bits per heavy atom. The first-order valence-corrected chi connectivity index (χ1v) is 6.56. The molecule has 0 bridgehead atoms. The maximum absolute atomic E-state index is 11.2. The second kappa shape index (κ2) is 6.49. The molecule has 0 aromatic carbocycles. The largest absolute Gasteiger partial charge is 0.361 e. The Balaban J connectivity index is 2.33. The predicted octanol–water partition coefficient (Wildman–Crippen LogP) is 1.29. The van der Waals surface area contributed by atoms with Gasteiger partial charge in [-0.15, -0.1) is 11.8 Å². The van der Waals surface area contributed by atoms with Crippen LogP contribution in [0.5, 0.6) is 0 Å². The number of nitrogens with zero attached hydrogens (tertiary/aromatic N) is 1. The van der Waals surface area contributed by atoms with E-state index in [0.717, 1.165) is 18.6 Å². The maximum atomic E-state index is 11.2. The molecule has 0 saturated heterocycles. The lowest BCUT2D eigenvalue weighted by atomic mass is 10.1. The topological polar surface area (TPSA) is 63.4 Å². The van der Waals surface area contributed by atoms with Crippen molar-refractivity contribution in [1.82, 2.24) is 4.90 Å². The van der Waals surface area contributed by atoms with Crippen molar-refractivity contribution in [3.63, 3.8) is 0 Å². The van der Waals surface area contributed by atoms with E-state index >= 15 is 0 Å². The van der Waals surface area contributed by atoms with Crippen molar-refractivity contribution < 1.29 is 9.59 Å². The highest BCUT2D eigenvalue weighted by atomic mass is 32.2. The molecular weight excluding hydrogens is 236 g/mol. The number of allylic oxidation sites excluding steroid dienone is 3. The van der Waals surface area contributed by atoms with Crippen molar-refractivity contribution >= 4 is 23.6 Å². The van der Waals surface area contributed by atoms with Gasteiger partial charge in [0.25, 0.3) is 0 Å². The highest BCUT2D eigenvalue weighted by Gasteiger charge is 2.14. The molecule has 1 aliphatic rings. The van der Waals surface area contributed by atoms with Crippen LogP contribution >= 0.6 is 11.8 Å². The molecule has 0 spiro atoms. The van der Waals surface area contributed by atoms with Crippen molar-refractivity contribution in [3.8, 4) is 0 Å². The number of rotatable bonds is 4. The Morgan fingerprint density at radius 3 is 2.65 bits per heavy atom. The van der Waals surface area contributed by atoms with Crippen LogP contribution in [-0.4, -0.2) is 36.1 Å². The zero-order chi connectivity index (χ0) is 12.8. The molecule has 0 aromatic rings. The molecule has 0 aliphatic heterocycles. The maximum Gasteiger partial charge on any atom is 0.311 e. The molecule has 2 N–H and O–H groups in total. The number of carbonyl (C=O) groups is 2. The predicted molar refractivity (Wildman–Crippen MR) is 70.4 cm³/mol. The third kappa shape index (κ3) is 4.26. The third-order valence-corrected chi connectivity index (χ3v) is 3.76. The van der Waals surface area contributed by atoms with Gasteiger partial charge in [-0.3, -0.25) is 9.59 Å². The first kappa shape index (κ1) is 13.8. The SMILES string of the molecule is CC1=CCCC=C1SCCN(C)C(=O)C(N)=O. The van der Waals surface area contributed by atoms with Gasteiger partial charge in [0.15, 0.2) is 0 Å². The minimum Gasteiger partial charge on any atom is -0.361 e. The summed E-state index contributed by atoms with van der Waals surface area (Å²) < 4.78 is 0. The summed E-state index contributed by atoms with van der Waals surface area (Å²) in [5, 5.41) is 0. The summed E-state index contributed by atoms with van der Waals surface area (Å²) in [7, 11) is 1.59. The van der Waals surface area contributed by atoms with E-state index in [1.807, 2.05) is 0 Å². The van der Waals surface area contributed by atoms with Crippen LogP contribution in [0.3, 0.4) is 0 Å². The highest BCUT2D eigenvalue weighted by Crippen LogP contribution is 2.28. The van der Waals surface area contributed by atoms with Crippen molar-refractivity contribution in [2.45, 2.75) is 19.8 Å². The van der Waals surface area contributed by atoms with Gasteiger partial charge in [0, 0.05) is 24.3 Å². The Bertz CT molecular complexity index is 375. The minimum absolute atomic E-state index is 0.525. The number of thioether (sulfide) groups is 1. The number of carbonyl (C=O) groups excluding carboxylic acids is 2. The molecule has 0 heterocycles. The van der Waals surface area contributed by atoms with E-state index in [-0.39, 0.29) is 0 Å². The van der Waals surface area contributed by atoms with E-state index in [4.69, 9.17) is 5.73 Å². The third-order valence-electron chi connectivity index (χ3n) is 2.58. The monoisotopic (exact) mass is 254 g/mol. The lowest BCUT2D eigenvalue weighted by Crippen LogP contribution is -2.38. The van der Waals surface area contributed by atoms with Crippen molar-refractivity contribution in [2.75, 3.05) is 19.3 Å². The van der Waals surface area contributed by atoms with Gasteiger partial charge < -0.3 is 10.6 Å². The molecule has 0 atom stereocenters. The van der Waals surface area contributed by atoms with E-state index in [1.165, 1.54) is 15.4 Å². The molecule has 4 nitrogen and oxygen atoms in total. The lowest BCUT2D eigenvalue weighted by molar-refractivity contribution is -0.143.